The first-order valence-corrected chi connectivity index (χ1v) is 19.2. The number of ether oxygens (including phenoxy) is 4. The van der Waals surface area contributed by atoms with Gasteiger partial charge < -0.3 is 29.8 Å². The molecule has 0 amide bonds. The SMILES string of the molecule is COc1ccc(C(OC[C@H]2O[C@@H](n3c(-c4ccc(-c5cccc(-c6ccccn6)n5)cc4)nc4c(N)ncnc43)C[C@@H]2O)(c2ccccc2)c2ccc(OC)cc2)cc1. The van der Waals surface area contributed by atoms with Crippen molar-refractivity contribution in [1.82, 2.24) is 29.5 Å². The van der Waals surface area contributed by atoms with Crippen LogP contribution in [0.1, 0.15) is 29.3 Å². The van der Waals surface area contributed by atoms with Crippen molar-refractivity contribution in [3.63, 3.8) is 0 Å². The summed E-state index contributed by atoms with van der Waals surface area (Å²) in [6.45, 7) is 0.0446. The maximum atomic E-state index is 11.7. The minimum absolute atomic E-state index is 0.0446. The summed E-state index contributed by atoms with van der Waals surface area (Å²) in [6.07, 6.45) is 1.16. The maximum absolute atomic E-state index is 11.7. The molecule has 0 bridgehead atoms. The van der Waals surface area contributed by atoms with Crippen LogP contribution < -0.4 is 15.2 Å². The highest BCUT2D eigenvalue weighted by Gasteiger charge is 2.43. The van der Waals surface area contributed by atoms with E-state index in [0.29, 0.717) is 17.0 Å². The first-order chi connectivity index (χ1) is 28.9. The lowest BCUT2D eigenvalue weighted by Gasteiger charge is -2.37. The standard InChI is InChI=1S/C47H41N7O5/c1-56-35-22-18-33(19-23-35)47(32-9-4-3-5-10-32,34-20-24-36(57-2)25-21-34)58-28-41-40(55)27-42(59-41)54-45(53-43-44(48)50-29-51-46(43)54)31-16-14-30(15-17-31)37-12-8-13-39(52-37)38-11-6-7-26-49-38/h3-26,29,40-42,55H,27-28H2,1-2H3,(H2,48,50,51)/t40-,41+,42+/m0/s1. The average Bonchev–Trinajstić information content (AvgIpc) is 3.88. The molecule has 1 aliphatic rings. The van der Waals surface area contributed by atoms with E-state index in [1.165, 1.54) is 6.33 Å². The van der Waals surface area contributed by atoms with Gasteiger partial charge in [0, 0.05) is 23.7 Å². The van der Waals surface area contributed by atoms with E-state index in [9.17, 15) is 5.11 Å². The molecule has 0 radical (unpaired) electrons. The van der Waals surface area contributed by atoms with E-state index in [1.807, 2.05) is 144 Å². The van der Waals surface area contributed by atoms with Gasteiger partial charge in [-0.1, -0.05) is 91.0 Å². The number of anilines is 1. The Labute approximate surface area is 340 Å². The van der Waals surface area contributed by atoms with Crippen LogP contribution >= 0.6 is 0 Å². The van der Waals surface area contributed by atoms with Crippen molar-refractivity contribution in [1.29, 1.82) is 0 Å². The molecule has 1 saturated heterocycles. The van der Waals surface area contributed by atoms with Gasteiger partial charge >= 0.3 is 0 Å². The number of aliphatic hydroxyl groups is 1. The highest BCUT2D eigenvalue weighted by atomic mass is 16.6. The fourth-order valence-corrected chi connectivity index (χ4v) is 7.75. The zero-order chi connectivity index (χ0) is 40.3. The molecule has 0 spiro atoms. The predicted octanol–water partition coefficient (Wildman–Crippen LogP) is 7.87. The Kier molecular flexibility index (Phi) is 10.3. The number of nitrogen functional groups attached to an aromatic ring is 1. The maximum Gasteiger partial charge on any atom is 0.168 e. The average molecular weight is 784 g/mol. The molecule has 12 heteroatoms. The number of hydrogen-bond donors (Lipinski definition) is 2. The van der Waals surface area contributed by atoms with Gasteiger partial charge in [0.05, 0.1) is 44.0 Å². The van der Waals surface area contributed by atoms with Crippen molar-refractivity contribution in [2.24, 2.45) is 0 Å². The Hall–Kier alpha value is -6.99. The van der Waals surface area contributed by atoms with Gasteiger partial charge in [0.2, 0.25) is 0 Å². The van der Waals surface area contributed by atoms with E-state index in [1.54, 1.807) is 20.4 Å². The molecule has 294 valence electrons. The fourth-order valence-electron chi connectivity index (χ4n) is 7.75. The molecule has 0 aliphatic carbocycles. The third-order valence-corrected chi connectivity index (χ3v) is 10.8. The van der Waals surface area contributed by atoms with Gasteiger partial charge in [-0.15, -0.1) is 0 Å². The van der Waals surface area contributed by atoms with Crippen LogP contribution in [0.4, 0.5) is 5.82 Å². The number of aliphatic hydroxyl groups excluding tert-OH is 1. The largest absolute Gasteiger partial charge is 0.497 e. The summed E-state index contributed by atoms with van der Waals surface area (Å²) in [6, 6.07) is 45.3. The highest BCUT2D eigenvalue weighted by molar-refractivity contribution is 5.85. The molecular weight excluding hydrogens is 743 g/mol. The van der Waals surface area contributed by atoms with E-state index in [2.05, 4.69) is 15.0 Å². The van der Waals surface area contributed by atoms with Gasteiger partial charge in [-0.2, -0.15) is 0 Å². The van der Waals surface area contributed by atoms with Crippen molar-refractivity contribution in [3.05, 3.63) is 169 Å². The summed E-state index contributed by atoms with van der Waals surface area (Å²) >= 11 is 0. The molecule has 59 heavy (non-hydrogen) atoms. The Bertz CT molecular complexity index is 2630. The van der Waals surface area contributed by atoms with E-state index in [4.69, 9.17) is 34.6 Å². The number of methoxy groups -OCH3 is 2. The molecule has 9 rings (SSSR count). The number of pyridine rings is 2. The van der Waals surface area contributed by atoms with Crippen molar-refractivity contribution in [2.45, 2.75) is 30.5 Å². The van der Waals surface area contributed by atoms with Crippen LogP contribution in [-0.4, -0.2) is 67.6 Å². The highest BCUT2D eigenvalue weighted by Crippen LogP contribution is 2.43. The van der Waals surface area contributed by atoms with Crippen molar-refractivity contribution >= 4 is 17.0 Å². The second-order valence-corrected chi connectivity index (χ2v) is 14.2. The van der Waals surface area contributed by atoms with Crippen molar-refractivity contribution in [2.75, 3.05) is 26.6 Å². The van der Waals surface area contributed by atoms with Gasteiger partial charge in [-0.05, 0) is 65.2 Å². The number of nitrogens with zero attached hydrogens (tertiary/aromatic N) is 6. The fraction of sp³-hybridized carbons (Fsp3) is 0.170. The first kappa shape index (κ1) is 37.6. The molecule has 12 nitrogen and oxygen atoms in total. The minimum Gasteiger partial charge on any atom is -0.497 e. The summed E-state index contributed by atoms with van der Waals surface area (Å²) < 4.78 is 26.8. The van der Waals surface area contributed by atoms with Crippen LogP contribution in [0.25, 0.3) is 45.2 Å². The normalized spacial score (nSPS) is 16.6. The lowest BCUT2D eigenvalue weighted by Crippen LogP contribution is -2.38. The Morgan fingerprint density at radius 2 is 1.31 bits per heavy atom. The van der Waals surface area contributed by atoms with Crippen LogP contribution in [0, 0.1) is 0 Å². The molecule has 3 N–H and O–H groups in total. The monoisotopic (exact) mass is 783 g/mol. The second kappa shape index (κ2) is 16.1. The molecule has 1 fully saturated rings. The lowest BCUT2D eigenvalue weighted by atomic mass is 9.80. The van der Waals surface area contributed by atoms with Crippen LogP contribution in [0.3, 0.4) is 0 Å². The van der Waals surface area contributed by atoms with Crippen molar-refractivity contribution in [3.8, 4) is 45.5 Å². The molecule has 8 aromatic rings. The number of nitrogens with two attached hydrogens (primary N) is 1. The number of hydrogen-bond acceptors (Lipinski definition) is 11. The molecular formula is C47H41N7O5. The van der Waals surface area contributed by atoms with Gasteiger partial charge in [-0.3, -0.25) is 9.55 Å². The van der Waals surface area contributed by atoms with E-state index >= 15 is 0 Å². The molecule has 5 heterocycles. The van der Waals surface area contributed by atoms with Gasteiger partial charge in [0.25, 0.3) is 0 Å². The van der Waals surface area contributed by atoms with E-state index in [-0.39, 0.29) is 18.8 Å². The number of benzene rings is 4. The van der Waals surface area contributed by atoms with Gasteiger partial charge in [-0.25, -0.2) is 19.9 Å². The second-order valence-electron chi connectivity index (χ2n) is 14.2. The Morgan fingerprint density at radius 1 is 0.678 bits per heavy atom. The smallest absolute Gasteiger partial charge is 0.168 e. The first-order valence-electron chi connectivity index (χ1n) is 19.2. The molecule has 0 unspecified atom stereocenters. The van der Waals surface area contributed by atoms with Gasteiger partial charge in [0.15, 0.2) is 17.0 Å². The summed E-state index contributed by atoms with van der Waals surface area (Å²) in [5, 5.41) is 11.7. The summed E-state index contributed by atoms with van der Waals surface area (Å²) in [5.41, 5.74) is 13.0. The lowest BCUT2D eigenvalue weighted by molar-refractivity contribution is -0.0928. The molecule has 1 aliphatic heterocycles. The third kappa shape index (κ3) is 7.14. The van der Waals surface area contributed by atoms with Crippen LogP contribution in [0.5, 0.6) is 11.5 Å². The number of fused-ring (bicyclic) bond motifs is 1. The molecule has 4 aromatic carbocycles. The zero-order valence-electron chi connectivity index (χ0n) is 32.4. The predicted molar refractivity (Wildman–Crippen MR) is 224 cm³/mol. The quantitative estimate of drug-likeness (QED) is 0.116. The van der Waals surface area contributed by atoms with E-state index < -0.39 is 24.0 Å². The molecule has 4 aromatic heterocycles. The number of aromatic nitrogens is 6. The van der Waals surface area contributed by atoms with E-state index in [0.717, 1.165) is 56.4 Å². The topological polar surface area (TPSA) is 153 Å². The minimum atomic E-state index is -1.09. The zero-order valence-corrected chi connectivity index (χ0v) is 32.4. The van der Waals surface area contributed by atoms with Gasteiger partial charge in [0.1, 0.15) is 41.6 Å². The summed E-state index contributed by atoms with van der Waals surface area (Å²) in [7, 11) is 3.28. The van der Waals surface area contributed by atoms with Crippen LogP contribution in [0.15, 0.2) is 152 Å². The summed E-state index contributed by atoms with van der Waals surface area (Å²) in [4.78, 5) is 23.1. The molecule has 0 saturated carbocycles. The number of imidazole rings is 1. The Morgan fingerprint density at radius 3 is 1.97 bits per heavy atom. The number of rotatable bonds is 12. The Balaban J connectivity index is 1.05. The summed E-state index contributed by atoms with van der Waals surface area (Å²) in [5.74, 6) is 2.25. The van der Waals surface area contributed by atoms with Crippen LogP contribution in [0.2, 0.25) is 0 Å². The molecule has 3 atom stereocenters. The third-order valence-electron chi connectivity index (χ3n) is 10.8. The van der Waals surface area contributed by atoms with Crippen LogP contribution in [-0.2, 0) is 15.1 Å². The van der Waals surface area contributed by atoms with Crippen molar-refractivity contribution < 1.29 is 24.1 Å².